The number of carbonyl (C=O) groups excluding carboxylic acids is 1. The van der Waals surface area contributed by atoms with E-state index in [1.807, 2.05) is 24.3 Å². The average molecular weight is 209 g/mol. The fourth-order valence-electron chi connectivity index (χ4n) is 1.12. The van der Waals surface area contributed by atoms with E-state index in [0.717, 1.165) is 11.3 Å². The molecule has 1 aromatic carbocycles. The van der Waals surface area contributed by atoms with Crippen LogP contribution < -0.4 is 10.5 Å². The minimum atomic E-state index is -0.245. The maximum Gasteiger partial charge on any atom is 0.309 e. The minimum absolute atomic E-state index is 0.245. The third-order valence-electron chi connectivity index (χ3n) is 1.89. The highest BCUT2D eigenvalue weighted by Gasteiger charge is 2.02. The van der Waals surface area contributed by atoms with Gasteiger partial charge in [-0.15, -0.1) is 0 Å². The fraction of sp³-hybridized carbons (Fsp3) is 0.364. The number of benzene rings is 1. The molecule has 0 amide bonds. The Kier molecular flexibility index (Phi) is 4.63. The zero-order chi connectivity index (χ0) is 11.1. The first-order valence-electron chi connectivity index (χ1n) is 4.75. The Balaban J connectivity index is 2.52. The Labute approximate surface area is 89.0 Å². The molecule has 0 bridgehead atoms. The number of hydrogen-bond acceptors (Lipinski definition) is 4. The van der Waals surface area contributed by atoms with Gasteiger partial charge in [0.1, 0.15) is 12.4 Å². The van der Waals surface area contributed by atoms with E-state index in [1.54, 1.807) is 0 Å². The Hall–Kier alpha value is -1.55. The summed E-state index contributed by atoms with van der Waals surface area (Å²) in [5, 5.41) is 0. The van der Waals surface area contributed by atoms with Gasteiger partial charge in [0.15, 0.2) is 0 Å². The van der Waals surface area contributed by atoms with Crippen molar-refractivity contribution in [3.63, 3.8) is 0 Å². The van der Waals surface area contributed by atoms with Gasteiger partial charge in [-0.2, -0.15) is 0 Å². The maximum absolute atomic E-state index is 11.0. The molecule has 0 atom stereocenters. The number of rotatable bonds is 5. The number of hydrogen-bond donors (Lipinski definition) is 1. The molecular weight excluding hydrogens is 194 g/mol. The molecule has 0 saturated carbocycles. The summed E-state index contributed by atoms with van der Waals surface area (Å²) >= 11 is 0. The normalized spacial score (nSPS) is 9.73. The van der Waals surface area contributed by atoms with Gasteiger partial charge < -0.3 is 15.2 Å². The van der Waals surface area contributed by atoms with Gasteiger partial charge >= 0.3 is 5.97 Å². The van der Waals surface area contributed by atoms with Crippen LogP contribution in [0.3, 0.4) is 0 Å². The van der Waals surface area contributed by atoms with Crippen LogP contribution in [0.4, 0.5) is 0 Å². The standard InChI is InChI=1S/C11H15NO3/c1-14-11(13)8-9-2-4-10(5-3-9)15-7-6-12/h2-5H,6-8,12H2,1H3. The van der Waals surface area contributed by atoms with Crippen LogP contribution in [0.5, 0.6) is 5.75 Å². The lowest BCUT2D eigenvalue weighted by Crippen LogP contribution is -2.10. The Morgan fingerprint density at radius 3 is 2.53 bits per heavy atom. The summed E-state index contributed by atoms with van der Waals surface area (Å²) in [7, 11) is 1.38. The van der Waals surface area contributed by atoms with Gasteiger partial charge in [0.2, 0.25) is 0 Å². The van der Waals surface area contributed by atoms with Gasteiger partial charge in [0, 0.05) is 6.54 Å². The quantitative estimate of drug-likeness (QED) is 0.726. The van der Waals surface area contributed by atoms with Gasteiger partial charge in [-0.05, 0) is 17.7 Å². The third kappa shape index (κ3) is 3.99. The van der Waals surface area contributed by atoms with Crippen molar-refractivity contribution < 1.29 is 14.3 Å². The van der Waals surface area contributed by atoms with Crippen molar-refractivity contribution in [2.45, 2.75) is 6.42 Å². The van der Waals surface area contributed by atoms with Gasteiger partial charge in [-0.3, -0.25) is 4.79 Å². The van der Waals surface area contributed by atoms with Crippen LogP contribution >= 0.6 is 0 Å². The van der Waals surface area contributed by atoms with Crippen molar-refractivity contribution in [2.75, 3.05) is 20.3 Å². The van der Waals surface area contributed by atoms with E-state index in [2.05, 4.69) is 4.74 Å². The highest BCUT2D eigenvalue weighted by atomic mass is 16.5. The largest absolute Gasteiger partial charge is 0.492 e. The zero-order valence-corrected chi connectivity index (χ0v) is 8.73. The summed E-state index contributed by atoms with van der Waals surface area (Å²) in [6, 6.07) is 7.30. The predicted octanol–water partition coefficient (Wildman–Crippen LogP) is 0.740. The molecule has 4 nitrogen and oxygen atoms in total. The van der Waals surface area contributed by atoms with Gasteiger partial charge in [-0.1, -0.05) is 12.1 Å². The number of nitrogens with two attached hydrogens (primary N) is 1. The van der Waals surface area contributed by atoms with Gasteiger partial charge in [-0.25, -0.2) is 0 Å². The number of carbonyl (C=O) groups is 1. The molecule has 0 aliphatic rings. The molecule has 0 aromatic heterocycles. The summed E-state index contributed by atoms with van der Waals surface area (Å²) in [6.07, 6.45) is 0.285. The second-order valence-electron chi connectivity index (χ2n) is 3.03. The lowest BCUT2D eigenvalue weighted by atomic mass is 10.1. The smallest absolute Gasteiger partial charge is 0.309 e. The Bertz CT molecular complexity index is 308. The van der Waals surface area contributed by atoms with Crippen LogP contribution in [0.1, 0.15) is 5.56 Å². The highest BCUT2D eigenvalue weighted by molar-refractivity contribution is 5.72. The molecule has 1 rings (SSSR count). The molecule has 2 N–H and O–H groups in total. The van der Waals surface area contributed by atoms with E-state index in [-0.39, 0.29) is 12.4 Å². The molecule has 15 heavy (non-hydrogen) atoms. The molecule has 0 saturated heterocycles. The first kappa shape index (κ1) is 11.5. The first-order valence-corrected chi connectivity index (χ1v) is 4.75. The SMILES string of the molecule is COC(=O)Cc1ccc(OCCN)cc1. The van der Waals surface area contributed by atoms with E-state index in [9.17, 15) is 4.79 Å². The Morgan fingerprint density at radius 1 is 1.33 bits per heavy atom. The molecule has 0 fully saturated rings. The predicted molar refractivity (Wildman–Crippen MR) is 56.7 cm³/mol. The Morgan fingerprint density at radius 2 is 2.00 bits per heavy atom. The molecule has 4 heteroatoms. The van der Waals surface area contributed by atoms with E-state index in [1.165, 1.54) is 7.11 Å². The lowest BCUT2D eigenvalue weighted by Gasteiger charge is -2.05. The monoisotopic (exact) mass is 209 g/mol. The molecule has 0 aliphatic heterocycles. The van der Waals surface area contributed by atoms with Crippen molar-refractivity contribution in [3.8, 4) is 5.75 Å². The number of methoxy groups -OCH3 is 1. The zero-order valence-electron chi connectivity index (χ0n) is 8.73. The van der Waals surface area contributed by atoms with E-state index >= 15 is 0 Å². The van der Waals surface area contributed by atoms with Crippen molar-refractivity contribution in [1.82, 2.24) is 0 Å². The molecule has 0 aliphatic carbocycles. The van der Waals surface area contributed by atoms with Crippen molar-refractivity contribution in [3.05, 3.63) is 29.8 Å². The first-order chi connectivity index (χ1) is 7.26. The maximum atomic E-state index is 11.0. The molecule has 0 heterocycles. The van der Waals surface area contributed by atoms with Crippen LogP contribution in [-0.4, -0.2) is 26.2 Å². The molecule has 0 unspecified atom stereocenters. The number of ether oxygens (including phenoxy) is 2. The summed E-state index contributed by atoms with van der Waals surface area (Å²) < 4.78 is 9.86. The summed E-state index contributed by atoms with van der Waals surface area (Å²) in [5.74, 6) is 0.514. The van der Waals surface area contributed by atoms with E-state index in [0.29, 0.717) is 13.2 Å². The van der Waals surface area contributed by atoms with Crippen LogP contribution in [0.2, 0.25) is 0 Å². The van der Waals surface area contributed by atoms with Crippen LogP contribution in [0, 0.1) is 0 Å². The van der Waals surface area contributed by atoms with Crippen LogP contribution in [0.25, 0.3) is 0 Å². The van der Waals surface area contributed by atoms with E-state index in [4.69, 9.17) is 10.5 Å². The molecule has 1 aromatic rings. The van der Waals surface area contributed by atoms with Crippen LogP contribution in [-0.2, 0) is 16.0 Å². The topological polar surface area (TPSA) is 61.5 Å². The minimum Gasteiger partial charge on any atom is -0.492 e. The highest BCUT2D eigenvalue weighted by Crippen LogP contribution is 2.12. The molecule has 0 radical (unpaired) electrons. The van der Waals surface area contributed by atoms with Gasteiger partial charge in [0.05, 0.1) is 13.5 Å². The average Bonchev–Trinajstić information content (AvgIpc) is 2.28. The molecule has 0 spiro atoms. The number of esters is 1. The molecular formula is C11H15NO3. The lowest BCUT2D eigenvalue weighted by molar-refractivity contribution is -0.139. The van der Waals surface area contributed by atoms with Crippen molar-refractivity contribution in [1.29, 1.82) is 0 Å². The van der Waals surface area contributed by atoms with Crippen molar-refractivity contribution >= 4 is 5.97 Å². The fourth-order valence-corrected chi connectivity index (χ4v) is 1.12. The summed E-state index contributed by atoms with van der Waals surface area (Å²) in [6.45, 7) is 0.986. The van der Waals surface area contributed by atoms with Crippen LogP contribution in [0.15, 0.2) is 24.3 Å². The summed E-state index contributed by atoms with van der Waals surface area (Å²) in [4.78, 5) is 11.0. The third-order valence-corrected chi connectivity index (χ3v) is 1.89. The second-order valence-corrected chi connectivity index (χ2v) is 3.03. The molecule has 82 valence electrons. The van der Waals surface area contributed by atoms with E-state index < -0.39 is 0 Å². The summed E-state index contributed by atoms with van der Waals surface area (Å²) in [5.41, 5.74) is 6.21. The van der Waals surface area contributed by atoms with Crippen molar-refractivity contribution in [2.24, 2.45) is 5.73 Å². The van der Waals surface area contributed by atoms with Gasteiger partial charge in [0.25, 0.3) is 0 Å². The second kappa shape index (κ2) is 6.03.